The highest BCUT2D eigenvalue weighted by Crippen LogP contribution is 2.39. The van der Waals surface area contributed by atoms with Crippen LogP contribution in [0.15, 0.2) is 11.4 Å². The van der Waals surface area contributed by atoms with E-state index in [1.165, 1.54) is 11.3 Å². The summed E-state index contributed by atoms with van der Waals surface area (Å²) < 4.78 is 0. The number of thiophene rings is 1. The number of hydrogen-bond acceptors (Lipinski definition) is 5. The Morgan fingerprint density at radius 1 is 1.16 bits per heavy atom. The van der Waals surface area contributed by atoms with Crippen molar-refractivity contribution in [2.75, 3.05) is 4.90 Å². The first kappa shape index (κ1) is 18.7. The van der Waals surface area contributed by atoms with Crippen molar-refractivity contribution in [3.8, 4) is 0 Å². The van der Waals surface area contributed by atoms with Crippen LogP contribution in [-0.2, 0) is 0 Å². The zero-order valence-electron chi connectivity index (χ0n) is 14.8. The Morgan fingerprint density at radius 3 is 2.40 bits per heavy atom. The lowest BCUT2D eigenvalue weighted by molar-refractivity contribution is 0.0520. The fourth-order valence-electron chi connectivity index (χ4n) is 4.37. The molecule has 0 aromatic carbocycles. The first-order chi connectivity index (χ1) is 12.0. The van der Waals surface area contributed by atoms with Gasteiger partial charge in [-0.05, 0) is 55.9 Å². The van der Waals surface area contributed by atoms with Crippen molar-refractivity contribution in [2.24, 2.45) is 11.8 Å². The zero-order chi connectivity index (χ0) is 18.0. The van der Waals surface area contributed by atoms with Crippen LogP contribution >= 0.6 is 11.3 Å². The minimum Gasteiger partial charge on any atom is -0.477 e. The van der Waals surface area contributed by atoms with Gasteiger partial charge in [0.2, 0.25) is 0 Å². The summed E-state index contributed by atoms with van der Waals surface area (Å²) in [5.74, 6) is -0.0441. The summed E-state index contributed by atoms with van der Waals surface area (Å²) >= 11 is 1.21. The molecule has 0 aliphatic heterocycles. The molecular formula is C19H29NO4S. The van der Waals surface area contributed by atoms with E-state index >= 15 is 0 Å². The summed E-state index contributed by atoms with van der Waals surface area (Å²) in [4.78, 5) is 13.9. The molecule has 1 atom stereocenters. The lowest BCUT2D eigenvalue weighted by Gasteiger charge is -2.44. The predicted molar refractivity (Wildman–Crippen MR) is 99.1 cm³/mol. The molecule has 0 saturated heterocycles. The Balaban J connectivity index is 1.86. The molecule has 6 heteroatoms. The highest BCUT2D eigenvalue weighted by Gasteiger charge is 2.36. The van der Waals surface area contributed by atoms with Crippen molar-refractivity contribution in [1.82, 2.24) is 0 Å². The van der Waals surface area contributed by atoms with E-state index in [0.717, 1.165) is 38.5 Å². The van der Waals surface area contributed by atoms with Crippen LogP contribution in [0, 0.1) is 11.8 Å². The van der Waals surface area contributed by atoms with Crippen molar-refractivity contribution < 1.29 is 20.1 Å². The molecule has 2 fully saturated rings. The van der Waals surface area contributed by atoms with E-state index in [2.05, 4.69) is 6.92 Å². The van der Waals surface area contributed by atoms with Gasteiger partial charge in [-0.3, -0.25) is 0 Å². The maximum absolute atomic E-state index is 11.6. The van der Waals surface area contributed by atoms with Crippen LogP contribution in [0.1, 0.15) is 68.0 Å². The molecule has 140 valence electrons. The second kappa shape index (κ2) is 8.06. The number of carbonyl (C=O) groups is 1. The van der Waals surface area contributed by atoms with Crippen molar-refractivity contribution >= 4 is 23.0 Å². The number of anilines is 1. The molecular weight excluding hydrogens is 338 g/mol. The van der Waals surface area contributed by atoms with Gasteiger partial charge in [-0.1, -0.05) is 19.8 Å². The predicted octanol–water partition coefficient (Wildman–Crippen LogP) is 3.70. The minimum atomic E-state index is -0.935. The quantitative estimate of drug-likeness (QED) is 0.692. The zero-order valence-corrected chi connectivity index (χ0v) is 15.6. The third-order valence-corrected chi connectivity index (χ3v) is 6.84. The van der Waals surface area contributed by atoms with Gasteiger partial charge >= 0.3 is 5.97 Å². The average molecular weight is 368 g/mol. The first-order valence-electron chi connectivity index (χ1n) is 9.42. The van der Waals surface area contributed by atoms with E-state index in [9.17, 15) is 20.1 Å². The Morgan fingerprint density at radius 2 is 1.80 bits per heavy atom. The molecule has 0 bridgehead atoms. The van der Waals surface area contributed by atoms with E-state index in [1.807, 2.05) is 11.0 Å². The summed E-state index contributed by atoms with van der Waals surface area (Å²) in [6, 6.07) is 1.92. The van der Waals surface area contributed by atoms with Gasteiger partial charge in [-0.15, -0.1) is 11.3 Å². The summed E-state index contributed by atoms with van der Waals surface area (Å²) in [5, 5.41) is 32.3. The molecule has 25 heavy (non-hydrogen) atoms. The fraction of sp³-hybridized carbons (Fsp3) is 0.737. The van der Waals surface area contributed by atoms with Gasteiger partial charge in [-0.2, -0.15) is 0 Å². The number of carboxylic acid groups (broad SMARTS) is 1. The van der Waals surface area contributed by atoms with Gasteiger partial charge in [-0.25, -0.2) is 4.79 Å². The number of carboxylic acids is 1. The van der Waals surface area contributed by atoms with Crippen LogP contribution in [0.4, 0.5) is 5.69 Å². The normalized spacial score (nSPS) is 31.5. The van der Waals surface area contributed by atoms with Gasteiger partial charge in [0.05, 0.1) is 11.8 Å². The SMILES string of the molecule is CC1CCC(C(O)N(c2ccsc2C(=O)O)C2CCC(O)CC2)CC1. The standard InChI is InChI=1S/C19H29NO4S/c1-12-2-4-13(5-3-12)18(22)20(14-6-8-15(21)9-7-14)16-10-11-25-17(16)19(23)24/h10-15,18,21-22H,2-9H2,1H3,(H,23,24). The molecule has 1 aromatic heterocycles. The third kappa shape index (κ3) is 4.18. The Kier molecular flexibility index (Phi) is 6.02. The Bertz CT molecular complexity index is 574. The van der Waals surface area contributed by atoms with Gasteiger partial charge < -0.3 is 20.2 Å². The highest BCUT2D eigenvalue weighted by atomic mass is 32.1. The van der Waals surface area contributed by atoms with E-state index < -0.39 is 12.2 Å². The van der Waals surface area contributed by atoms with E-state index in [-0.39, 0.29) is 18.1 Å². The van der Waals surface area contributed by atoms with Crippen LogP contribution < -0.4 is 4.90 Å². The smallest absolute Gasteiger partial charge is 0.348 e. The van der Waals surface area contributed by atoms with Crippen molar-refractivity contribution in [1.29, 1.82) is 0 Å². The van der Waals surface area contributed by atoms with Crippen molar-refractivity contribution in [2.45, 2.75) is 76.7 Å². The molecule has 1 unspecified atom stereocenters. The molecule has 0 spiro atoms. The number of hydrogen-bond donors (Lipinski definition) is 3. The fourth-order valence-corrected chi connectivity index (χ4v) is 5.10. The Hall–Kier alpha value is -1.11. The monoisotopic (exact) mass is 367 g/mol. The molecule has 3 rings (SSSR count). The molecule has 2 aliphatic carbocycles. The largest absolute Gasteiger partial charge is 0.477 e. The third-order valence-electron chi connectivity index (χ3n) is 5.94. The molecule has 0 radical (unpaired) electrons. The average Bonchev–Trinajstić information content (AvgIpc) is 3.07. The second-order valence-electron chi connectivity index (χ2n) is 7.74. The Labute approximate surface area is 153 Å². The molecule has 2 saturated carbocycles. The second-order valence-corrected chi connectivity index (χ2v) is 8.66. The van der Waals surface area contributed by atoms with Crippen LogP contribution in [0.25, 0.3) is 0 Å². The van der Waals surface area contributed by atoms with Gasteiger partial charge in [0.15, 0.2) is 0 Å². The molecule has 0 amide bonds. The molecule has 3 N–H and O–H groups in total. The molecule has 1 heterocycles. The molecule has 5 nitrogen and oxygen atoms in total. The maximum atomic E-state index is 11.6. The summed E-state index contributed by atoms with van der Waals surface area (Å²) in [6.07, 6.45) is 6.29. The van der Waals surface area contributed by atoms with Crippen LogP contribution in [0.5, 0.6) is 0 Å². The van der Waals surface area contributed by atoms with E-state index in [4.69, 9.17) is 0 Å². The van der Waals surface area contributed by atoms with Crippen LogP contribution in [0.3, 0.4) is 0 Å². The van der Waals surface area contributed by atoms with Crippen molar-refractivity contribution in [3.63, 3.8) is 0 Å². The lowest BCUT2D eigenvalue weighted by Crippen LogP contribution is -2.50. The minimum absolute atomic E-state index is 0.0884. The van der Waals surface area contributed by atoms with Gasteiger partial charge in [0.25, 0.3) is 0 Å². The number of rotatable bonds is 5. The highest BCUT2D eigenvalue weighted by molar-refractivity contribution is 7.12. The van der Waals surface area contributed by atoms with Crippen LogP contribution in [-0.4, -0.2) is 39.7 Å². The first-order valence-corrected chi connectivity index (χ1v) is 10.3. The number of aliphatic hydroxyl groups excluding tert-OH is 2. The van der Waals surface area contributed by atoms with E-state index in [1.54, 1.807) is 5.38 Å². The van der Waals surface area contributed by atoms with E-state index in [0.29, 0.717) is 29.3 Å². The van der Waals surface area contributed by atoms with Gasteiger partial charge in [0.1, 0.15) is 11.1 Å². The van der Waals surface area contributed by atoms with Crippen molar-refractivity contribution in [3.05, 3.63) is 16.3 Å². The summed E-state index contributed by atoms with van der Waals surface area (Å²) in [5.41, 5.74) is 0.644. The molecule has 1 aromatic rings. The number of nitrogens with zero attached hydrogens (tertiary/aromatic N) is 1. The maximum Gasteiger partial charge on any atom is 0.348 e. The summed E-state index contributed by atoms with van der Waals surface area (Å²) in [7, 11) is 0. The summed E-state index contributed by atoms with van der Waals surface area (Å²) in [6.45, 7) is 2.25. The van der Waals surface area contributed by atoms with Crippen LogP contribution in [0.2, 0.25) is 0 Å². The number of aliphatic hydroxyl groups is 2. The lowest BCUT2D eigenvalue weighted by atomic mass is 9.81. The number of aromatic carboxylic acids is 1. The van der Waals surface area contributed by atoms with Gasteiger partial charge in [0, 0.05) is 12.0 Å². The topological polar surface area (TPSA) is 81.0 Å². The molecule has 2 aliphatic rings.